The van der Waals surface area contributed by atoms with E-state index in [1.807, 2.05) is 0 Å². The summed E-state index contributed by atoms with van der Waals surface area (Å²) in [5.41, 5.74) is 7.55. The molecule has 158 valence electrons. The van der Waals surface area contributed by atoms with Crippen LogP contribution < -0.4 is 21.3 Å². The zero-order chi connectivity index (χ0) is 21.7. The van der Waals surface area contributed by atoms with Gasteiger partial charge < -0.3 is 21.1 Å². The van der Waals surface area contributed by atoms with Crippen LogP contribution in [0.5, 0.6) is 0 Å². The number of halogens is 1. The predicted molar refractivity (Wildman–Crippen MR) is 109 cm³/mol. The number of amides is 3. The maximum Gasteiger partial charge on any atom is 0.414 e. The smallest absolute Gasteiger partial charge is 0.414 e. The van der Waals surface area contributed by atoms with Crippen LogP contribution in [0.25, 0.3) is 11.1 Å². The molecule has 0 radical (unpaired) electrons. The van der Waals surface area contributed by atoms with Crippen molar-refractivity contribution in [3.8, 4) is 11.1 Å². The van der Waals surface area contributed by atoms with Gasteiger partial charge in [-0.05, 0) is 29.3 Å². The second-order valence-corrected chi connectivity index (χ2v) is 6.90. The van der Waals surface area contributed by atoms with Gasteiger partial charge in [0.15, 0.2) is 0 Å². The van der Waals surface area contributed by atoms with Crippen molar-refractivity contribution in [2.75, 3.05) is 24.5 Å². The van der Waals surface area contributed by atoms with Crippen LogP contribution in [0.15, 0.2) is 42.5 Å². The van der Waals surface area contributed by atoms with Gasteiger partial charge in [0.25, 0.3) is 0 Å². The second-order valence-electron chi connectivity index (χ2n) is 6.90. The summed E-state index contributed by atoms with van der Waals surface area (Å²) in [7, 11) is 0. The number of ether oxygens (including phenoxy) is 1. The van der Waals surface area contributed by atoms with E-state index >= 15 is 0 Å². The summed E-state index contributed by atoms with van der Waals surface area (Å²) in [5, 5.41) is 5.27. The quantitative estimate of drug-likeness (QED) is 0.636. The molecule has 0 spiro atoms. The minimum absolute atomic E-state index is 0.0752. The van der Waals surface area contributed by atoms with Gasteiger partial charge in [0, 0.05) is 19.0 Å². The number of carbonyl (C=O) groups excluding carboxylic acids is 3. The molecular formula is C21H23FN4O4. The molecule has 0 bridgehead atoms. The lowest BCUT2D eigenvalue weighted by Crippen LogP contribution is -2.33. The molecule has 1 aliphatic rings. The molecule has 2 aromatic carbocycles. The lowest BCUT2D eigenvalue weighted by Gasteiger charge is -2.15. The first kappa shape index (κ1) is 21.3. The van der Waals surface area contributed by atoms with Crippen LogP contribution in [0.1, 0.15) is 12.5 Å². The fourth-order valence-corrected chi connectivity index (χ4v) is 3.08. The highest BCUT2D eigenvalue weighted by Crippen LogP contribution is 2.29. The lowest BCUT2D eigenvalue weighted by atomic mass is 10.0. The van der Waals surface area contributed by atoms with E-state index in [0.29, 0.717) is 23.4 Å². The van der Waals surface area contributed by atoms with E-state index in [2.05, 4.69) is 10.6 Å². The van der Waals surface area contributed by atoms with Crippen molar-refractivity contribution >= 4 is 23.6 Å². The normalized spacial score (nSPS) is 15.6. The van der Waals surface area contributed by atoms with Crippen molar-refractivity contribution in [3.05, 3.63) is 53.8 Å². The summed E-state index contributed by atoms with van der Waals surface area (Å²) in [5.74, 6) is -0.942. The Morgan fingerprint density at radius 3 is 2.57 bits per heavy atom. The Morgan fingerprint density at radius 1 is 1.20 bits per heavy atom. The minimum atomic E-state index is -0.582. The molecule has 1 heterocycles. The number of hydrogen-bond donors (Lipinski definition) is 3. The molecule has 1 atom stereocenters. The summed E-state index contributed by atoms with van der Waals surface area (Å²) in [6, 6.07) is 11.6. The van der Waals surface area contributed by atoms with Crippen molar-refractivity contribution < 1.29 is 23.5 Å². The molecule has 3 amide bonds. The van der Waals surface area contributed by atoms with Gasteiger partial charge in [0.1, 0.15) is 11.9 Å². The maximum absolute atomic E-state index is 14.8. The van der Waals surface area contributed by atoms with Gasteiger partial charge in [-0.1, -0.05) is 24.3 Å². The number of nitrogens with zero attached hydrogens (tertiary/aromatic N) is 1. The van der Waals surface area contributed by atoms with E-state index in [-0.39, 0.29) is 31.4 Å². The van der Waals surface area contributed by atoms with Gasteiger partial charge in [0.05, 0.1) is 25.3 Å². The summed E-state index contributed by atoms with van der Waals surface area (Å²) >= 11 is 0. The van der Waals surface area contributed by atoms with Crippen molar-refractivity contribution in [1.82, 2.24) is 10.6 Å². The lowest BCUT2D eigenvalue weighted by molar-refractivity contribution is -0.120. The van der Waals surface area contributed by atoms with Crippen LogP contribution in [0, 0.1) is 5.82 Å². The Balaban J connectivity index is 1.69. The number of nitrogens with one attached hydrogen (secondary N) is 2. The Labute approximate surface area is 173 Å². The molecule has 4 N–H and O–H groups in total. The number of rotatable bonds is 7. The highest BCUT2D eigenvalue weighted by Gasteiger charge is 2.32. The van der Waals surface area contributed by atoms with Gasteiger partial charge in [0.2, 0.25) is 11.8 Å². The Bertz CT molecular complexity index is 949. The largest absolute Gasteiger partial charge is 0.442 e. The van der Waals surface area contributed by atoms with Gasteiger partial charge in [-0.15, -0.1) is 0 Å². The summed E-state index contributed by atoms with van der Waals surface area (Å²) in [6.45, 7) is 2.07. The summed E-state index contributed by atoms with van der Waals surface area (Å²) in [4.78, 5) is 35.7. The topological polar surface area (TPSA) is 114 Å². The van der Waals surface area contributed by atoms with E-state index in [1.54, 1.807) is 36.4 Å². The molecule has 1 unspecified atom stereocenters. The third kappa shape index (κ3) is 5.12. The molecule has 8 nitrogen and oxygen atoms in total. The van der Waals surface area contributed by atoms with Crippen LogP contribution in [-0.4, -0.2) is 43.6 Å². The molecule has 1 saturated heterocycles. The van der Waals surface area contributed by atoms with Crippen LogP contribution in [0.2, 0.25) is 0 Å². The molecule has 9 heteroatoms. The third-order valence-corrected chi connectivity index (χ3v) is 4.66. The number of benzene rings is 2. The monoisotopic (exact) mass is 414 g/mol. The number of hydrogen-bond acceptors (Lipinski definition) is 5. The van der Waals surface area contributed by atoms with Crippen molar-refractivity contribution in [1.29, 1.82) is 0 Å². The van der Waals surface area contributed by atoms with E-state index in [0.717, 1.165) is 5.56 Å². The highest BCUT2D eigenvalue weighted by molar-refractivity contribution is 5.90. The summed E-state index contributed by atoms with van der Waals surface area (Å²) in [6.07, 6.45) is -1.07. The third-order valence-electron chi connectivity index (χ3n) is 4.66. The highest BCUT2D eigenvalue weighted by atomic mass is 19.1. The van der Waals surface area contributed by atoms with E-state index < -0.39 is 18.0 Å². The standard InChI is InChI=1S/C21H23FN4O4/c1-13(27)24-11-17-12-26(21(29)30-17)16-6-7-18(19(22)8-16)15-4-2-14(3-5-15)10-25-20(28)9-23/h2-8,17H,9-12,23H2,1H3,(H,24,27)(H,25,28). The molecular weight excluding hydrogens is 391 g/mol. The van der Waals surface area contributed by atoms with Crippen LogP contribution >= 0.6 is 0 Å². The molecule has 0 aliphatic carbocycles. The molecule has 0 aromatic heterocycles. The van der Waals surface area contributed by atoms with Gasteiger partial charge in [-0.3, -0.25) is 14.5 Å². The first-order chi connectivity index (χ1) is 14.4. The Hall–Kier alpha value is -3.46. The summed E-state index contributed by atoms with van der Waals surface area (Å²) < 4.78 is 20.0. The van der Waals surface area contributed by atoms with E-state index in [9.17, 15) is 18.8 Å². The Kier molecular flexibility index (Phi) is 6.63. The molecule has 30 heavy (non-hydrogen) atoms. The first-order valence-corrected chi connectivity index (χ1v) is 9.45. The van der Waals surface area contributed by atoms with Crippen molar-refractivity contribution in [2.24, 2.45) is 5.73 Å². The predicted octanol–water partition coefficient (Wildman–Crippen LogP) is 1.53. The second kappa shape index (κ2) is 9.36. The average Bonchev–Trinajstić information content (AvgIpc) is 3.11. The van der Waals surface area contributed by atoms with E-state index in [4.69, 9.17) is 10.5 Å². The minimum Gasteiger partial charge on any atom is -0.442 e. The van der Waals surface area contributed by atoms with Crippen molar-refractivity contribution in [3.63, 3.8) is 0 Å². The first-order valence-electron chi connectivity index (χ1n) is 9.45. The fraction of sp³-hybridized carbons (Fsp3) is 0.286. The zero-order valence-corrected chi connectivity index (χ0v) is 16.5. The number of anilines is 1. The van der Waals surface area contributed by atoms with Crippen molar-refractivity contribution in [2.45, 2.75) is 19.6 Å². The molecule has 0 saturated carbocycles. The number of carbonyl (C=O) groups is 3. The van der Waals surface area contributed by atoms with Gasteiger partial charge in [-0.2, -0.15) is 0 Å². The van der Waals surface area contributed by atoms with Gasteiger partial charge >= 0.3 is 6.09 Å². The number of cyclic esters (lactones) is 1. The molecule has 1 fully saturated rings. The van der Waals surface area contributed by atoms with Crippen LogP contribution in [-0.2, 0) is 20.9 Å². The maximum atomic E-state index is 14.8. The zero-order valence-electron chi connectivity index (χ0n) is 16.5. The molecule has 3 rings (SSSR count). The Morgan fingerprint density at radius 2 is 1.93 bits per heavy atom. The van der Waals surface area contributed by atoms with Crippen LogP contribution in [0.4, 0.5) is 14.9 Å². The molecule has 1 aliphatic heterocycles. The number of nitrogens with two attached hydrogens (primary N) is 1. The van der Waals surface area contributed by atoms with Gasteiger partial charge in [-0.25, -0.2) is 9.18 Å². The van der Waals surface area contributed by atoms with E-state index in [1.165, 1.54) is 17.9 Å². The average molecular weight is 414 g/mol. The SMILES string of the molecule is CC(=O)NCC1CN(c2ccc(-c3ccc(CNC(=O)CN)cc3)c(F)c2)C(=O)O1. The van der Waals surface area contributed by atoms with Crippen LogP contribution in [0.3, 0.4) is 0 Å². The molecule has 2 aromatic rings. The fourth-order valence-electron chi connectivity index (χ4n) is 3.08.